The van der Waals surface area contributed by atoms with Crippen molar-refractivity contribution in [2.24, 2.45) is 0 Å². The van der Waals surface area contributed by atoms with E-state index in [1.165, 1.54) is 10.4 Å². The van der Waals surface area contributed by atoms with Crippen LogP contribution in [0.25, 0.3) is 5.70 Å². The van der Waals surface area contributed by atoms with Gasteiger partial charge in [-0.15, -0.1) is 11.3 Å². The van der Waals surface area contributed by atoms with E-state index in [1.807, 2.05) is 28.9 Å². The number of halogens is 1. The fraction of sp³-hybridized carbons (Fsp3) is 0.125. The summed E-state index contributed by atoms with van der Waals surface area (Å²) in [4.78, 5) is 5.60. The van der Waals surface area contributed by atoms with Crippen LogP contribution in [0.2, 0.25) is 5.02 Å². The van der Waals surface area contributed by atoms with Crippen LogP contribution >= 0.6 is 22.9 Å². The first-order valence-corrected chi connectivity index (χ1v) is 8.16. The van der Waals surface area contributed by atoms with Gasteiger partial charge in [0, 0.05) is 15.6 Å². The van der Waals surface area contributed by atoms with E-state index >= 15 is 0 Å². The molecule has 0 saturated carbocycles. The summed E-state index contributed by atoms with van der Waals surface area (Å²) in [5, 5.41) is 10.5. The average Bonchev–Trinajstić information content (AvgIpc) is 3.15. The van der Waals surface area contributed by atoms with Crippen LogP contribution in [0.5, 0.6) is 0 Å². The van der Waals surface area contributed by atoms with Crippen molar-refractivity contribution in [2.75, 3.05) is 5.32 Å². The number of aromatic nitrogens is 3. The smallest absolute Gasteiger partial charge is 0.226 e. The zero-order chi connectivity index (χ0) is 15.1. The molecule has 1 aromatic carbocycles. The molecule has 3 aromatic rings. The van der Waals surface area contributed by atoms with E-state index in [2.05, 4.69) is 39.8 Å². The Labute approximate surface area is 137 Å². The lowest BCUT2D eigenvalue weighted by Crippen LogP contribution is -2.20. The maximum Gasteiger partial charge on any atom is 0.226 e. The molecule has 0 unspecified atom stereocenters. The van der Waals surface area contributed by atoms with Gasteiger partial charge in [-0.2, -0.15) is 10.1 Å². The highest BCUT2D eigenvalue weighted by Gasteiger charge is 2.25. The summed E-state index contributed by atoms with van der Waals surface area (Å²) >= 11 is 7.72. The number of nitrogens with one attached hydrogen (secondary N) is 1. The van der Waals surface area contributed by atoms with E-state index in [0.29, 0.717) is 0 Å². The fourth-order valence-electron chi connectivity index (χ4n) is 2.61. The Balaban J connectivity index is 1.82. The summed E-state index contributed by atoms with van der Waals surface area (Å²) in [5.74, 6) is 0.755. The van der Waals surface area contributed by atoms with Gasteiger partial charge in [0.1, 0.15) is 12.4 Å². The molecule has 0 saturated heterocycles. The molecule has 4 nitrogen and oxygen atoms in total. The Hall–Kier alpha value is -2.11. The van der Waals surface area contributed by atoms with Crippen LogP contribution in [-0.4, -0.2) is 14.8 Å². The molecule has 0 aliphatic carbocycles. The third-order valence-electron chi connectivity index (χ3n) is 3.73. The van der Waals surface area contributed by atoms with Crippen molar-refractivity contribution in [3.63, 3.8) is 0 Å². The molecule has 110 valence electrons. The number of fused-ring (bicyclic) bond motifs is 1. The molecule has 1 aliphatic rings. The first-order valence-electron chi connectivity index (χ1n) is 6.90. The Morgan fingerprint density at radius 3 is 2.77 bits per heavy atom. The van der Waals surface area contributed by atoms with Gasteiger partial charge in [0.15, 0.2) is 0 Å². The van der Waals surface area contributed by atoms with Crippen LogP contribution in [0.4, 0.5) is 5.95 Å². The van der Waals surface area contributed by atoms with Crippen LogP contribution in [0, 0.1) is 6.92 Å². The predicted molar refractivity (Wildman–Crippen MR) is 90.3 cm³/mol. The SMILES string of the molecule is Cc1ccsc1[C@@H]1C=C(c2ccc(Cl)cc2)Nc2ncnn21. The molecule has 0 amide bonds. The summed E-state index contributed by atoms with van der Waals surface area (Å²) < 4.78 is 1.91. The highest BCUT2D eigenvalue weighted by molar-refractivity contribution is 7.10. The van der Waals surface area contributed by atoms with E-state index in [0.717, 1.165) is 22.2 Å². The third kappa shape index (κ3) is 2.23. The molecule has 0 spiro atoms. The first-order chi connectivity index (χ1) is 10.7. The summed E-state index contributed by atoms with van der Waals surface area (Å²) in [7, 11) is 0. The summed E-state index contributed by atoms with van der Waals surface area (Å²) in [6.45, 7) is 2.13. The quantitative estimate of drug-likeness (QED) is 0.760. The molecule has 22 heavy (non-hydrogen) atoms. The van der Waals surface area contributed by atoms with Crippen LogP contribution in [-0.2, 0) is 0 Å². The highest BCUT2D eigenvalue weighted by Crippen LogP contribution is 2.35. The molecular formula is C16H13ClN4S. The molecule has 0 radical (unpaired) electrons. The van der Waals surface area contributed by atoms with Gasteiger partial charge in [-0.25, -0.2) is 4.68 Å². The number of hydrogen-bond donors (Lipinski definition) is 1. The van der Waals surface area contributed by atoms with Crippen molar-refractivity contribution < 1.29 is 0 Å². The van der Waals surface area contributed by atoms with Crippen molar-refractivity contribution in [3.8, 4) is 0 Å². The second-order valence-corrected chi connectivity index (χ2v) is 6.54. The van der Waals surface area contributed by atoms with Crippen LogP contribution in [0.3, 0.4) is 0 Å². The van der Waals surface area contributed by atoms with Gasteiger partial charge in [0.2, 0.25) is 5.95 Å². The van der Waals surface area contributed by atoms with Crippen molar-refractivity contribution in [2.45, 2.75) is 13.0 Å². The van der Waals surface area contributed by atoms with Gasteiger partial charge >= 0.3 is 0 Å². The molecule has 0 bridgehead atoms. The second-order valence-electron chi connectivity index (χ2n) is 5.15. The van der Waals surface area contributed by atoms with Crippen molar-refractivity contribution in [1.82, 2.24) is 14.8 Å². The number of allylic oxidation sites excluding steroid dienone is 1. The molecule has 1 aliphatic heterocycles. The predicted octanol–water partition coefficient (Wildman–Crippen LogP) is 4.36. The normalized spacial score (nSPS) is 16.8. The number of hydrogen-bond acceptors (Lipinski definition) is 4. The Morgan fingerprint density at radius 1 is 1.23 bits per heavy atom. The van der Waals surface area contributed by atoms with Crippen LogP contribution in [0.15, 0.2) is 48.1 Å². The Morgan fingerprint density at radius 2 is 2.05 bits per heavy atom. The van der Waals surface area contributed by atoms with E-state index in [4.69, 9.17) is 11.6 Å². The number of thiophene rings is 1. The van der Waals surface area contributed by atoms with E-state index in [1.54, 1.807) is 17.7 Å². The monoisotopic (exact) mass is 328 g/mol. The molecule has 1 atom stereocenters. The van der Waals surface area contributed by atoms with Crippen LogP contribution in [0.1, 0.15) is 22.0 Å². The molecule has 0 fully saturated rings. The molecule has 3 heterocycles. The number of benzene rings is 1. The summed E-state index contributed by atoms with van der Waals surface area (Å²) in [6, 6.07) is 9.99. The minimum absolute atomic E-state index is 0.0597. The molecule has 1 N–H and O–H groups in total. The highest BCUT2D eigenvalue weighted by atomic mass is 35.5. The number of rotatable bonds is 2. The van der Waals surface area contributed by atoms with Gasteiger partial charge < -0.3 is 5.32 Å². The van der Waals surface area contributed by atoms with E-state index in [9.17, 15) is 0 Å². The van der Waals surface area contributed by atoms with Gasteiger partial charge in [-0.3, -0.25) is 0 Å². The van der Waals surface area contributed by atoms with Gasteiger partial charge in [0.05, 0.1) is 0 Å². The maximum atomic E-state index is 5.98. The zero-order valence-electron chi connectivity index (χ0n) is 11.8. The van der Waals surface area contributed by atoms with E-state index in [-0.39, 0.29) is 6.04 Å². The third-order valence-corrected chi connectivity index (χ3v) is 5.07. The Kier molecular flexibility index (Phi) is 3.24. The first kappa shape index (κ1) is 13.5. The number of anilines is 1. The van der Waals surface area contributed by atoms with E-state index < -0.39 is 0 Å². The standard InChI is InChI=1S/C16H13ClN4S/c1-10-6-7-22-15(10)14-8-13(11-2-4-12(17)5-3-11)20-16-18-9-19-21(14)16/h2-9,14H,1H3,(H,18,19,20)/t14-/m0/s1. The lowest BCUT2D eigenvalue weighted by molar-refractivity contribution is 0.618. The number of nitrogens with zero attached hydrogens (tertiary/aromatic N) is 3. The summed E-state index contributed by atoms with van der Waals surface area (Å²) in [6.07, 6.45) is 3.76. The van der Waals surface area contributed by atoms with Crippen molar-refractivity contribution >= 4 is 34.6 Å². The van der Waals surface area contributed by atoms with Gasteiger partial charge in [-0.1, -0.05) is 23.7 Å². The van der Waals surface area contributed by atoms with Crippen LogP contribution < -0.4 is 5.32 Å². The minimum atomic E-state index is 0.0597. The zero-order valence-corrected chi connectivity index (χ0v) is 13.4. The maximum absolute atomic E-state index is 5.98. The average molecular weight is 329 g/mol. The minimum Gasteiger partial charge on any atom is -0.324 e. The molecule has 4 rings (SSSR count). The van der Waals surface area contributed by atoms with Gasteiger partial charge in [0.25, 0.3) is 0 Å². The summed E-state index contributed by atoms with van der Waals surface area (Å²) in [5.41, 5.74) is 3.37. The Bertz CT molecular complexity index is 847. The van der Waals surface area contributed by atoms with Crippen molar-refractivity contribution in [3.05, 3.63) is 69.1 Å². The molecular weight excluding hydrogens is 316 g/mol. The molecule has 6 heteroatoms. The van der Waals surface area contributed by atoms with Gasteiger partial charge in [-0.05, 0) is 47.7 Å². The molecule has 2 aromatic heterocycles. The topological polar surface area (TPSA) is 42.7 Å². The largest absolute Gasteiger partial charge is 0.324 e. The van der Waals surface area contributed by atoms with Crippen molar-refractivity contribution in [1.29, 1.82) is 0 Å². The number of aryl methyl sites for hydroxylation is 1. The lowest BCUT2D eigenvalue weighted by atomic mass is 10.1. The second kappa shape index (κ2) is 5.26. The lowest BCUT2D eigenvalue weighted by Gasteiger charge is -2.24. The fourth-order valence-corrected chi connectivity index (χ4v) is 3.71.